The van der Waals surface area contributed by atoms with Crippen molar-refractivity contribution in [1.82, 2.24) is 15.0 Å². The maximum absolute atomic E-state index is 14.2. The van der Waals surface area contributed by atoms with Gasteiger partial charge in [0.25, 0.3) is 5.69 Å². The van der Waals surface area contributed by atoms with E-state index in [0.717, 1.165) is 6.07 Å². The minimum absolute atomic E-state index is 0.131. The molecule has 8 nitrogen and oxygen atoms in total. The van der Waals surface area contributed by atoms with Gasteiger partial charge in [0.2, 0.25) is 0 Å². The number of nitro benzene ring substituents is 1. The first-order valence-electron chi connectivity index (χ1n) is 8.32. The first-order valence-corrected chi connectivity index (χ1v) is 9.20. The fourth-order valence-corrected chi connectivity index (χ4v) is 3.09. The summed E-state index contributed by atoms with van der Waals surface area (Å²) in [5, 5.41) is 13.6. The molecule has 0 aliphatic carbocycles. The van der Waals surface area contributed by atoms with E-state index in [1.54, 1.807) is 17.6 Å². The Kier molecular flexibility index (Phi) is 5.50. The molecule has 0 spiro atoms. The minimum Gasteiger partial charge on any atom is -0.453 e. The van der Waals surface area contributed by atoms with Crippen LogP contribution in [0.4, 0.5) is 15.2 Å². The van der Waals surface area contributed by atoms with Crippen molar-refractivity contribution < 1.29 is 14.1 Å². The van der Waals surface area contributed by atoms with Crippen LogP contribution >= 0.6 is 11.3 Å². The molecule has 0 unspecified atom stereocenters. The Morgan fingerprint density at radius 2 is 2.07 bits per heavy atom. The number of pyridine rings is 1. The number of benzene rings is 1. The summed E-state index contributed by atoms with van der Waals surface area (Å²) in [6.07, 6.45) is 3.22. The summed E-state index contributed by atoms with van der Waals surface area (Å²) in [5.41, 5.74) is 7.22. The van der Waals surface area contributed by atoms with Crippen molar-refractivity contribution >= 4 is 33.2 Å². The Labute approximate surface area is 163 Å². The SMILES string of the molecule is CC.Nc1nc(-c2c[nH]c3nccc(Oc4ccc([N+](=O)[O-])cc4F)c23)cs1. The standard InChI is InChI=1S/C16H10FN5O3S.C2H6/c17-10-5-8(22(23)24)1-2-12(10)25-13-3-4-19-15-14(13)9(6-20-15)11-7-26-16(18)21-11;1-2/h1-7H,(H2,18,21)(H,19,20);1-2H3. The number of thiazole rings is 1. The van der Waals surface area contributed by atoms with Gasteiger partial charge in [-0.3, -0.25) is 10.1 Å². The van der Waals surface area contributed by atoms with E-state index in [4.69, 9.17) is 10.5 Å². The summed E-state index contributed by atoms with van der Waals surface area (Å²) in [5.74, 6) is -0.627. The summed E-state index contributed by atoms with van der Waals surface area (Å²) in [6, 6.07) is 4.78. The molecule has 0 aliphatic heterocycles. The molecule has 0 amide bonds. The maximum Gasteiger partial charge on any atom is 0.272 e. The highest BCUT2D eigenvalue weighted by Gasteiger charge is 2.17. The monoisotopic (exact) mass is 401 g/mol. The van der Waals surface area contributed by atoms with Crippen molar-refractivity contribution in [3.8, 4) is 22.8 Å². The third kappa shape index (κ3) is 3.62. The van der Waals surface area contributed by atoms with Crippen LogP contribution in [0.25, 0.3) is 22.3 Å². The second-order valence-electron chi connectivity index (χ2n) is 5.28. The molecule has 3 N–H and O–H groups in total. The van der Waals surface area contributed by atoms with Gasteiger partial charge in [-0.25, -0.2) is 14.4 Å². The van der Waals surface area contributed by atoms with E-state index in [9.17, 15) is 14.5 Å². The van der Waals surface area contributed by atoms with E-state index in [1.165, 1.54) is 29.7 Å². The highest BCUT2D eigenvalue weighted by Crippen LogP contribution is 2.38. The molecule has 0 bridgehead atoms. The molecule has 4 rings (SSSR count). The fourth-order valence-electron chi connectivity index (χ4n) is 2.53. The second kappa shape index (κ2) is 8.01. The number of nitrogens with zero attached hydrogens (tertiary/aromatic N) is 3. The molecular formula is C18H16FN5O3S. The lowest BCUT2D eigenvalue weighted by Gasteiger charge is -2.08. The molecule has 0 radical (unpaired) electrons. The van der Waals surface area contributed by atoms with Gasteiger partial charge in [-0.05, 0) is 12.1 Å². The van der Waals surface area contributed by atoms with Gasteiger partial charge >= 0.3 is 0 Å². The van der Waals surface area contributed by atoms with Crippen LogP contribution in [0, 0.1) is 15.9 Å². The third-order valence-electron chi connectivity index (χ3n) is 3.68. The van der Waals surface area contributed by atoms with Crippen LogP contribution in [0.2, 0.25) is 0 Å². The second-order valence-corrected chi connectivity index (χ2v) is 6.17. The van der Waals surface area contributed by atoms with Crippen LogP contribution in [0.5, 0.6) is 11.5 Å². The van der Waals surface area contributed by atoms with Gasteiger partial charge in [0.1, 0.15) is 11.4 Å². The van der Waals surface area contributed by atoms with Crippen molar-refractivity contribution in [3.05, 3.63) is 58.0 Å². The number of anilines is 1. The van der Waals surface area contributed by atoms with Crippen LogP contribution in [0.3, 0.4) is 0 Å². The summed E-state index contributed by atoms with van der Waals surface area (Å²) >= 11 is 1.30. The summed E-state index contributed by atoms with van der Waals surface area (Å²) in [7, 11) is 0. The normalized spacial score (nSPS) is 10.4. The number of hydrogen-bond acceptors (Lipinski definition) is 7. The number of aromatic nitrogens is 3. The van der Waals surface area contributed by atoms with Crippen LogP contribution in [0.15, 0.2) is 42.0 Å². The lowest BCUT2D eigenvalue weighted by Crippen LogP contribution is -1.93. The van der Waals surface area contributed by atoms with Crippen molar-refractivity contribution in [3.63, 3.8) is 0 Å². The lowest BCUT2D eigenvalue weighted by atomic mass is 10.1. The molecule has 0 aliphatic rings. The molecule has 1 aromatic carbocycles. The number of aromatic amines is 1. The molecule has 144 valence electrons. The average molecular weight is 401 g/mol. The number of halogens is 1. The molecule has 4 aromatic rings. The number of nitro groups is 1. The van der Waals surface area contributed by atoms with Gasteiger partial charge in [-0.1, -0.05) is 13.8 Å². The van der Waals surface area contributed by atoms with Crippen molar-refractivity contribution in [2.24, 2.45) is 0 Å². The molecule has 3 aromatic heterocycles. The summed E-state index contributed by atoms with van der Waals surface area (Å²) < 4.78 is 19.8. The molecular weight excluding hydrogens is 385 g/mol. The van der Waals surface area contributed by atoms with E-state index in [-0.39, 0.29) is 11.4 Å². The number of hydrogen-bond donors (Lipinski definition) is 2. The predicted molar refractivity (Wildman–Crippen MR) is 106 cm³/mol. The van der Waals surface area contributed by atoms with Crippen molar-refractivity contribution in [1.29, 1.82) is 0 Å². The Balaban J connectivity index is 0.00000109. The number of nitrogen functional groups attached to an aromatic ring is 1. The van der Waals surface area contributed by atoms with Crippen molar-refractivity contribution in [2.45, 2.75) is 13.8 Å². The van der Waals surface area contributed by atoms with Gasteiger partial charge < -0.3 is 15.5 Å². The van der Waals surface area contributed by atoms with E-state index >= 15 is 0 Å². The summed E-state index contributed by atoms with van der Waals surface area (Å²) in [4.78, 5) is 21.5. The molecule has 0 fully saturated rings. The number of nitrogens with one attached hydrogen (secondary N) is 1. The maximum atomic E-state index is 14.2. The van der Waals surface area contributed by atoms with Crippen LogP contribution in [-0.2, 0) is 0 Å². The van der Waals surface area contributed by atoms with E-state index in [2.05, 4.69) is 15.0 Å². The highest BCUT2D eigenvalue weighted by molar-refractivity contribution is 7.13. The van der Waals surface area contributed by atoms with Crippen LogP contribution in [0.1, 0.15) is 13.8 Å². The molecule has 28 heavy (non-hydrogen) atoms. The van der Waals surface area contributed by atoms with E-state index in [1.807, 2.05) is 13.8 Å². The number of ether oxygens (including phenoxy) is 1. The highest BCUT2D eigenvalue weighted by atomic mass is 32.1. The van der Waals surface area contributed by atoms with Gasteiger partial charge in [0.05, 0.1) is 22.1 Å². The lowest BCUT2D eigenvalue weighted by molar-refractivity contribution is -0.385. The van der Waals surface area contributed by atoms with Gasteiger partial charge in [-0.2, -0.15) is 0 Å². The Morgan fingerprint density at radius 3 is 2.71 bits per heavy atom. The van der Waals surface area contributed by atoms with Gasteiger partial charge in [0, 0.05) is 29.4 Å². The first-order chi connectivity index (χ1) is 13.5. The Morgan fingerprint density at radius 1 is 1.29 bits per heavy atom. The molecule has 0 atom stereocenters. The molecule has 3 heterocycles. The van der Waals surface area contributed by atoms with Gasteiger partial charge in [-0.15, -0.1) is 11.3 Å². The molecule has 0 saturated heterocycles. The van der Waals surface area contributed by atoms with Gasteiger partial charge in [0.15, 0.2) is 16.7 Å². The average Bonchev–Trinajstić information content (AvgIpc) is 3.31. The van der Waals surface area contributed by atoms with Crippen LogP contribution in [-0.4, -0.2) is 19.9 Å². The zero-order chi connectivity index (χ0) is 20.3. The topological polar surface area (TPSA) is 120 Å². The predicted octanol–water partition coefficient (Wildman–Crippen LogP) is 5.13. The largest absolute Gasteiger partial charge is 0.453 e. The summed E-state index contributed by atoms with van der Waals surface area (Å²) in [6.45, 7) is 4.00. The number of fused-ring (bicyclic) bond motifs is 1. The molecule has 10 heteroatoms. The molecule has 0 saturated carbocycles. The minimum atomic E-state index is -0.834. The van der Waals surface area contributed by atoms with Crippen molar-refractivity contribution in [2.75, 3.05) is 5.73 Å². The fraction of sp³-hybridized carbons (Fsp3) is 0.111. The number of nitrogens with two attached hydrogens (primary N) is 1. The Bertz CT molecular complexity index is 1140. The van der Waals surface area contributed by atoms with E-state index in [0.29, 0.717) is 33.2 Å². The van der Waals surface area contributed by atoms with E-state index < -0.39 is 10.7 Å². The number of rotatable bonds is 4. The third-order valence-corrected chi connectivity index (χ3v) is 4.35. The zero-order valence-electron chi connectivity index (χ0n) is 15.0. The zero-order valence-corrected chi connectivity index (χ0v) is 15.8. The number of H-pyrrole nitrogens is 1. The Hall–Kier alpha value is -3.53. The smallest absolute Gasteiger partial charge is 0.272 e. The number of non-ortho nitro benzene ring substituents is 1. The quantitative estimate of drug-likeness (QED) is 0.361. The first kappa shape index (κ1) is 19.2. The van der Waals surface area contributed by atoms with Crippen LogP contribution < -0.4 is 10.5 Å².